The summed E-state index contributed by atoms with van der Waals surface area (Å²) in [5.41, 5.74) is 2.19. The molecule has 5 heteroatoms. The van der Waals surface area contributed by atoms with Crippen molar-refractivity contribution in [3.63, 3.8) is 0 Å². The smallest absolute Gasteiger partial charge is 0.193 e. The van der Waals surface area contributed by atoms with E-state index in [2.05, 4.69) is 67.8 Å². The van der Waals surface area contributed by atoms with Gasteiger partial charge in [0.1, 0.15) is 0 Å². The van der Waals surface area contributed by atoms with Gasteiger partial charge in [0.15, 0.2) is 4.96 Å². The van der Waals surface area contributed by atoms with Crippen LogP contribution in [0.2, 0.25) is 0 Å². The Balaban J connectivity index is 1.71. The zero-order valence-corrected chi connectivity index (χ0v) is 11.9. The van der Waals surface area contributed by atoms with E-state index >= 15 is 0 Å². The average molecular weight is 355 g/mol. The van der Waals surface area contributed by atoms with Crippen molar-refractivity contribution in [1.82, 2.24) is 9.38 Å². The van der Waals surface area contributed by atoms with Crippen molar-refractivity contribution < 1.29 is 0 Å². The Morgan fingerprint density at radius 3 is 2.88 bits per heavy atom. The molecule has 3 rings (SSSR count). The number of nitrogens with zero attached hydrogens (tertiary/aromatic N) is 2. The predicted molar refractivity (Wildman–Crippen MR) is 79.6 cm³/mol. The number of nitrogens with one attached hydrogen (secondary N) is 1. The number of anilines is 1. The highest BCUT2D eigenvalue weighted by molar-refractivity contribution is 14.1. The SMILES string of the molecule is Ic1ccc(NCc2cn3ccsc3n2)cc1. The zero-order valence-electron chi connectivity index (χ0n) is 8.93. The van der Waals surface area contributed by atoms with Crippen molar-refractivity contribution in [3.05, 3.63) is 51.3 Å². The van der Waals surface area contributed by atoms with Crippen LogP contribution in [0.5, 0.6) is 0 Å². The van der Waals surface area contributed by atoms with E-state index < -0.39 is 0 Å². The summed E-state index contributed by atoms with van der Waals surface area (Å²) in [5.74, 6) is 0. The van der Waals surface area contributed by atoms with Crippen molar-refractivity contribution in [2.24, 2.45) is 0 Å². The minimum absolute atomic E-state index is 0.759. The van der Waals surface area contributed by atoms with Crippen LogP contribution in [-0.4, -0.2) is 9.38 Å². The second-order valence-corrected chi connectivity index (χ2v) is 5.80. The quantitative estimate of drug-likeness (QED) is 0.728. The van der Waals surface area contributed by atoms with Gasteiger partial charge in [-0.3, -0.25) is 4.40 Å². The zero-order chi connectivity index (χ0) is 11.7. The fraction of sp³-hybridized carbons (Fsp3) is 0.0833. The minimum atomic E-state index is 0.759. The number of hydrogen-bond acceptors (Lipinski definition) is 3. The van der Waals surface area contributed by atoms with Crippen LogP contribution in [-0.2, 0) is 6.54 Å². The Hall–Kier alpha value is -1.08. The Kier molecular flexibility index (Phi) is 3.02. The maximum Gasteiger partial charge on any atom is 0.193 e. The topological polar surface area (TPSA) is 29.3 Å². The van der Waals surface area contributed by atoms with Crippen LogP contribution in [0.15, 0.2) is 42.0 Å². The van der Waals surface area contributed by atoms with Crippen LogP contribution in [0, 0.1) is 3.57 Å². The highest BCUT2D eigenvalue weighted by Crippen LogP contribution is 2.14. The molecule has 17 heavy (non-hydrogen) atoms. The predicted octanol–water partition coefficient (Wildman–Crippen LogP) is 3.61. The van der Waals surface area contributed by atoms with Crippen LogP contribution < -0.4 is 5.32 Å². The van der Waals surface area contributed by atoms with Gasteiger partial charge in [-0.25, -0.2) is 4.98 Å². The van der Waals surface area contributed by atoms with Gasteiger partial charge in [-0.1, -0.05) is 0 Å². The fourth-order valence-corrected chi connectivity index (χ4v) is 2.70. The molecule has 1 aromatic carbocycles. The van der Waals surface area contributed by atoms with Crippen molar-refractivity contribution in [2.75, 3.05) is 5.32 Å². The van der Waals surface area contributed by atoms with Gasteiger partial charge in [-0.05, 0) is 46.9 Å². The van der Waals surface area contributed by atoms with Gasteiger partial charge in [0.05, 0.1) is 12.2 Å². The molecule has 0 aliphatic rings. The number of halogens is 1. The number of benzene rings is 1. The summed E-state index contributed by atoms with van der Waals surface area (Å²) >= 11 is 3.96. The van der Waals surface area contributed by atoms with E-state index in [-0.39, 0.29) is 0 Å². The van der Waals surface area contributed by atoms with Crippen LogP contribution in [0.3, 0.4) is 0 Å². The molecule has 86 valence electrons. The van der Waals surface area contributed by atoms with E-state index in [1.807, 2.05) is 11.6 Å². The van der Waals surface area contributed by atoms with Crippen molar-refractivity contribution in [3.8, 4) is 0 Å². The summed E-state index contributed by atoms with van der Waals surface area (Å²) in [5, 5.41) is 5.40. The second-order valence-electron chi connectivity index (χ2n) is 3.69. The number of hydrogen-bond donors (Lipinski definition) is 1. The largest absolute Gasteiger partial charge is 0.379 e. The molecule has 0 saturated carbocycles. The third kappa shape index (κ3) is 2.44. The lowest BCUT2D eigenvalue weighted by atomic mass is 10.3. The molecule has 0 saturated heterocycles. The van der Waals surface area contributed by atoms with Crippen molar-refractivity contribution in [2.45, 2.75) is 6.54 Å². The van der Waals surface area contributed by atoms with Crippen molar-refractivity contribution >= 4 is 44.6 Å². The van der Waals surface area contributed by atoms with Crippen LogP contribution in [0.1, 0.15) is 5.69 Å². The van der Waals surface area contributed by atoms with Crippen LogP contribution in [0.4, 0.5) is 5.69 Å². The summed E-state index contributed by atoms with van der Waals surface area (Å²) in [6.07, 6.45) is 4.09. The van der Waals surface area contributed by atoms with Crippen molar-refractivity contribution in [1.29, 1.82) is 0 Å². The maximum absolute atomic E-state index is 4.52. The second kappa shape index (κ2) is 4.66. The molecule has 0 aliphatic heterocycles. The first-order valence-electron chi connectivity index (χ1n) is 5.22. The summed E-state index contributed by atoms with van der Waals surface area (Å²) < 4.78 is 3.30. The molecule has 0 fully saturated rings. The third-order valence-electron chi connectivity index (χ3n) is 2.46. The fourth-order valence-electron chi connectivity index (χ4n) is 1.62. The van der Waals surface area contributed by atoms with Crippen LogP contribution >= 0.6 is 33.9 Å². The summed E-state index contributed by atoms with van der Waals surface area (Å²) in [4.78, 5) is 5.57. The highest BCUT2D eigenvalue weighted by Gasteiger charge is 2.01. The molecule has 0 spiro atoms. The standard InChI is InChI=1S/C12H10IN3S/c13-9-1-3-10(4-2-9)14-7-11-8-16-5-6-17-12(16)15-11/h1-6,8,14H,7H2. The number of fused-ring (bicyclic) bond motifs is 1. The van der Waals surface area contributed by atoms with Gasteiger partial charge in [0.25, 0.3) is 0 Å². The first kappa shape index (κ1) is 11.0. The molecule has 3 nitrogen and oxygen atoms in total. The van der Waals surface area contributed by atoms with E-state index in [0.717, 1.165) is 22.9 Å². The minimum Gasteiger partial charge on any atom is -0.379 e. The summed E-state index contributed by atoms with van der Waals surface area (Å²) in [6.45, 7) is 0.759. The lowest BCUT2D eigenvalue weighted by Gasteiger charge is -2.03. The Morgan fingerprint density at radius 2 is 2.12 bits per heavy atom. The van der Waals surface area contributed by atoms with E-state index in [1.54, 1.807) is 11.3 Å². The lowest BCUT2D eigenvalue weighted by Crippen LogP contribution is -1.99. The molecule has 2 heterocycles. The molecule has 0 bridgehead atoms. The monoisotopic (exact) mass is 355 g/mol. The lowest BCUT2D eigenvalue weighted by molar-refractivity contribution is 1.08. The Bertz CT molecular complexity index is 598. The van der Waals surface area contributed by atoms with Gasteiger partial charge >= 0.3 is 0 Å². The number of thiazole rings is 1. The van der Waals surface area contributed by atoms with Crippen LogP contribution in [0.25, 0.3) is 4.96 Å². The molecular weight excluding hydrogens is 345 g/mol. The molecule has 0 amide bonds. The van der Waals surface area contributed by atoms with E-state index in [1.165, 1.54) is 3.57 Å². The van der Waals surface area contributed by atoms with Gasteiger partial charge in [-0.15, -0.1) is 11.3 Å². The van der Waals surface area contributed by atoms with Gasteiger partial charge in [-0.2, -0.15) is 0 Å². The molecule has 1 N–H and O–H groups in total. The molecule has 0 aliphatic carbocycles. The van der Waals surface area contributed by atoms with E-state index in [9.17, 15) is 0 Å². The molecule has 0 radical (unpaired) electrons. The van der Waals surface area contributed by atoms with Gasteiger partial charge in [0, 0.05) is 27.0 Å². The molecule has 2 aromatic heterocycles. The molecule has 0 unspecified atom stereocenters. The first-order valence-corrected chi connectivity index (χ1v) is 7.17. The number of rotatable bonds is 3. The average Bonchev–Trinajstić information content (AvgIpc) is 2.88. The molecular formula is C12H10IN3S. The third-order valence-corrected chi connectivity index (χ3v) is 3.95. The Labute approximate surface area is 117 Å². The molecule has 3 aromatic rings. The summed E-state index contributed by atoms with van der Waals surface area (Å²) in [6, 6.07) is 8.35. The van der Waals surface area contributed by atoms with E-state index in [4.69, 9.17) is 0 Å². The van der Waals surface area contributed by atoms with Gasteiger partial charge < -0.3 is 5.32 Å². The normalized spacial score (nSPS) is 10.9. The Morgan fingerprint density at radius 1 is 1.29 bits per heavy atom. The number of imidazole rings is 1. The number of aromatic nitrogens is 2. The van der Waals surface area contributed by atoms with Gasteiger partial charge in [0.2, 0.25) is 0 Å². The molecule has 0 atom stereocenters. The van der Waals surface area contributed by atoms with E-state index in [0.29, 0.717) is 0 Å². The summed E-state index contributed by atoms with van der Waals surface area (Å²) in [7, 11) is 0. The highest BCUT2D eigenvalue weighted by atomic mass is 127. The first-order chi connectivity index (χ1) is 8.31. The maximum atomic E-state index is 4.52.